The van der Waals surface area contributed by atoms with Crippen molar-refractivity contribution in [1.82, 2.24) is 10.3 Å². The fourth-order valence-electron chi connectivity index (χ4n) is 1.03. The summed E-state index contributed by atoms with van der Waals surface area (Å²) < 4.78 is 0. The van der Waals surface area contributed by atoms with Crippen molar-refractivity contribution in [1.29, 1.82) is 0 Å². The van der Waals surface area contributed by atoms with Crippen LogP contribution in [-0.4, -0.2) is 16.9 Å². The summed E-state index contributed by atoms with van der Waals surface area (Å²) in [5, 5.41) is 2.78. The van der Waals surface area contributed by atoms with Crippen LogP contribution < -0.4 is 5.32 Å². The minimum Gasteiger partial charge on any atom is -0.349 e. The largest absolute Gasteiger partial charge is 0.349 e. The molecule has 0 spiro atoms. The van der Waals surface area contributed by atoms with E-state index in [9.17, 15) is 4.79 Å². The molecule has 1 atom stereocenters. The van der Waals surface area contributed by atoms with Gasteiger partial charge in [-0.25, -0.2) is 0 Å². The lowest BCUT2D eigenvalue weighted by molar-refractivity contribution is 0.0940. The van der Waals surface area contributed by atoms with Crippen LogP contribution in [0.3, 0.4) is 0 Å². The number of carbonyl (C=O) groups is 1. The van der Waals surface area contributed by atoms with Crippen molar-refractivity contribution in [3.05, 3.63) is 30.1 Å². The van der Waals surface area contributed by atoms with Crippen LogP contribution in [0.2, 0.25) is 0 Å². The molecule has 0 radical (unpaired) electrons. The Morgan fingerprint density at radius 1 is 1.79 bits per heavy atom. The average molecular weight is 188 g/mol. The molecule has 0 fully saturated rings. The Labute approximate surface area is 83.6 Å². The number of amides is 1. The van der Waals surface area contributed by atoms with Crippen LogP contribution >= 0.6 is 0 Å². The van der Waals surface area contributed by atoms with Gasteiger partial charge in [0.2, 0.25) is 0 Å². The van der Waals surface area contributed by atoms with Crippen molar-refractivity contribution >= 4 is 5.91 Å². The fraction of sp³-hybridized carbons (Fsp3) is 0.273. The maximum atomic E-state index is 11.5. The van der Waals surface area contributed by atoms with Gasteiger partial charge in [0.1, 0.15) is 0 Å². The first-order chi connectivity index (χ1) is 6.74. The SMILES string of the molecule is C#CCC(C)NC(=O)c1cccnc1. The van der Waals surface area contributed by atoms with Crippen LogP contribution in [-0.2, 0) is 0 Å². The maximum absolute atomic E-state index is 11.5. The minimum absolute atomic E-state index is 0.00675. The summed E-state index contributed by atoms with van der Waals surface area (Å²) in [6.45, 7) is 1.87. The molecule has 0 aromatic carbocycles. The third-order valence-corrected chi connectivity index (χ3v) is 1.73. The third kappa shape index (κ3) is 2.91. The van der Waals surface area contributed by atoms with Gasteiger partial charge >= 0.3 is 0 Å². The van der Waals surface area contributed by atoms with E-state index in [-0.39, 0.29) is 11.9 Å². The van der Waals surface area contributed by atoms with E-state index in [2.05, 4.69) is 16.2 Å². The molecular formula is C11H12N2O. The van der Waals surface area contributed by atoms with Gasteiger partial charge in [0, 0.05) is 24.9 Å². The lowest BCUT2D eigenvalue weighted by Crippen LogP contribution is -2.32. The first kappa shape index (κ1) is 10.3. The molecule has 72 valence electrons. The Morgan fingerprint density at radius 2 is 2.57 bits per heavy atom. The molecule has 0 saturated carbocycles. The van der Waals surface area contributed by atoms with Crippen LogP contribution in [0.25, 0.3) is 0 Å². The summed E-state index contributed by atoms with van der Waals surface area (Å²) in [7, 11) is 0. The molecule has 0 bridgehead atoms. The highest BCUT2D eigenvalue weighted by Crippen LogP contribution is 1.97. The highest BCUT2D eigenvalue weighted by Gasteiger charge is 2.07. The van der Waals surface area contributed by atoms with Gasteiger partial charge in [0.15, 0.2) is 0 Å². The van der Waals surface area contributed by atoms with E-state index < -0.39 is 0 Å². The predicted octanol–water partition coefficient (Wildman–Crippen LogP) is 1.22. The Bertz CT molecular complexity index is 340. The molecule has 1 heterocycles. The lowest BCUT2D eigenvalue weighted by atomic mass is 10.2. The van der Waals surface area contributed by atoms with E-state index in [0.717, 1.165) is 0 Å². The van der Waals surface area contributed by atoms with Gasteiger partial charge in [-0.15, -0.1) is 12.3 Å². The number of aromatic nitrogens is 1. The van der Waals surface area contributed by atoms with E-state index in [1.807, 2.05) is 6.92 Å². The van der Waals surface area contributed by atoms with E-state index in [1.165, 1.54) is 6.20 Å². The van der Waals surface area contributed by atoms with E-state index >= 15 is 0 Å². The zero-order valence-corrected chi connectivity index (χ0v) is 8.03. The lowest BCUT2D eigenvalue weighted by Gasteiger charge is -2.10. The van der Waals surface area contributed by atoms with Crippen LogP contribution in [0.1, 0.15) is 23.7 Å². The van der Waals surface area contributed by atoms with Crippen molar-refractivity contribution < 1.29 is 4.79 Å². The number of rotatable bonds is 3. The normalized spacial score (nSPS) is 11.4. The van der Waals surface area contributed by atoms with Crippen molar-refractivity contribution in [3.63, 3.8) is 0 Å². The summed E-state index contributed by atoms with van der Waals surface area (Å²) >= 11 is 0. The number of nitrogens with zero attached hydrogens (tertiary/aromatic N) is 1. The van der Waals surface area contributed by atoms with Gasteiger partial charge in [-0.1, -0.05) is 0 Å². The molecule has 0 aliphatic heterocycles. The second-order valence-electron chi connectivity index (χ2n) is 3.02. The average Bonchev–Trinajstić information content (AvgIpc) is 2.19. The number of nitrogens with one attached hydrogen (secondary N) is 1. The molecule has 0 saturated heterocycles. The van der Waals surface area contributed by atoms with E-state index in [1.54, 1.807) is 18.3 Å². The van der Waals surface area contributed by atoms with Gasteiger partial charge in [0.25, 0.3) is 5.91 Å². The van der Waals surface area contributed by atoms with Crippen LogP contribution in [0.15, 0.2) is 24.5 Å². The number of terminal acetylenes is 1. The highest BCUT2D eigenvalue weighted by molar-refractivity contribution is 5.93. The van der Waals surface area contributed by atoms with Crippen LogP contribution in [0, 0.1) is 12.3 Å². The van der Waals surface area contributed by atoms with Crippen molar-refractivity contribution in [3.8, 4) is 12.3 Å². The van der Waals surface area contributed by atoms with Gasteiger partial charge < -0.3 is 5.32 Å². The zero-order valence-electron chi connectivity index (χ0n) is 8.03. The molecule has 1 aromatic heterocycles. The second kappa shape index (κ2) is 5.03. The molecule has 0 aliphatic rings. The Hall–Kier alpha value is -1.82. The van der Waals surface area contributed by atoms with Gasteiger partial charge in [-0.05, 0) is 19.1 Å². The summed E-state index contributed by atoms with van der Waals surface area (Å²) in [6, 6.07) is 3.43. The summed E-state index contributed by atoms with van der Waals surface area (Å²) in [6.07, 6.45) is 8.82. The first-order valence-electron chi connectivity index (χ1n) is 4.38. The topological polar surface area (TPSA) is 42.0 Å². The minimum atomic E-state index is -0.138. The molecule has 1 rings (SSSR count). The van der Waals surface area contributed by atoms with E-state index in [4.69, 9.17) is 6.42 Å². The Balaban J connectivity index is 2.56. The van der Waals surface area contributed by atoms with Crippen molar-refractivity contribution in [2.24, 2.45) is 0 Å². The fourth-order valence-corrected chi connectivity index (χ4v) is 1.03. The standard InChI is InChI=1S/C11H12N2O/c1-3-5-9(2)13-11(14)10-6-4-7-12-8-10/h1,4,6-9H,5H2,2H3,(H,13,14). The summed E-state index contributed by atoms with van der Waals surface area (Å²) in [5.41, 5.74) is 0.552. The molecule has 3 heteroatoms. The molecule has 14 heavy (non-hydrogen) atoms. The predicted molar refractivity (Wildman–Crippen MR) is 54.6 cm³/mol. The highest BCUT2D eigenvalue weighted by atomic mass is 16.1. The van der Waals surface area contributed by atoms with Gasteiger partial charge in [-0.2, -0.15) is 0 Å². The van der Waals surface area contributed by atoms with E-state index in [0.29, 0.717) is 12.0 Å². The number of hydrogen-bond donors (Lipinski definition) is 1. The second-order valence-corrected chi connectivity index (χ2v) is 3.02. The van der Waals surface area contributed by atoms with Crippen LogP contribution in [0.5, 0.6) is 0 Å². The first-order valence-corrected chi connectivity index (χ1v) is 4.38. The van der Waals surface area contributed by atoms with Crippen molar-refractivity contribution in [2.75, 3.05) is 0 Å². The summed E-state index contributed by atoms with van der Waals surface area (Å²) in [5.74, 6) is 2.36. The molecule has 1 amide bonds. The smallest absolute Gasteiger partial charge is 0.253 e. The third-order valence-electron chi connectivity index (χ3n) is 1.73. The van der Waals surface area contributed by atoms with Gasteiger partial charge in [0.05, 0.1) is 5.56 Å². The molecule has 3 nitrogen and oxygen atoms in total. The number of carbonyl (C=O) groups excluding carboxylic acids is 1. The monoisotopic (exact) mass is 188 g/mol. The summed E-state index contributed by atoms with van der Waals surface area (Å²) in [4.78, 5) is 15.4. The zero-order chi connectivity index (χ0) is 10.4. The Kier molecular flexibility index (Phi) is 3.69. The molecule has 0 aliphatic carbocycles. The molecular weight excluding hydrogens is 176 g/mol. The molecule has 1 N–H and O–H groups in total. The van der Waals surface area contributed by atoms with Crippen LogP contribution in [0.4, 0.5) is 0 Å². The quantitative estimate of drug-likeness (QED) is 0.725. The maximum Gasteiger partial charge on any atom is 0.253 e. The van der Waals surface area contributed by atoms with Crippen molar-refractivity contribution in [2.45, 2.75) is 19.4 Å². The van der Waals surface area contributed by atoms with Gasteiger partial charge in [-0.3, -0.25) is 9.78 Å². The number of hydrogen-bond acceptors (Lipinski definition) is 2. The molecule has 1 aromatic rings. The molecule has 1 unspecified atom stereocenters. The number of pyridine rings is 1. The Morgan fingerprint density at radius 3 is 3.14 bits per heavy atom.